The fourth-order valence-electron chi connectivity index (χ4n) is 2.37. The smallest absolute Gasteiger partial charge is 0.357 e. The van der Waals surface area contributed by atoms with Crippen molar-refractivity contribution in [3.63, 3.8) is 0 Å². The molecule has 3 rings (SSSR count). The first-order chi connectivity index (χ1) is 8.96. The number of hydrogen-bond acceptors (Lipinski definition) is 5. The molecule has 0 aliphatic carbocycles. The van der Waals surface area contributed by atoms with Crippen molar-refractivity contribution in [1.82, 2.24) is 19.1 Å². The Bertz CT molecular complexity index is 692. The van der Waals surface area contributed by atoms with E-state index < -0.39 is 11.3 Å². The third kappa shape index (κ3) is 2.06. The van der Waals surface area contributed by atoms with Gasteiger partial charge in [0.05, 0.1) is 12.1 Å². The zero-order valence-corrected chi connectivity index (χ0v) is 10.5. The first-order valence-electron chi connectivity index (χ1n) is 6.01. The first-order valence-corrected chi connectivity index (χ1v) is 6.01. The van der Waals surface area contributed by atoms with E-state index in [1.165, 1.54) is 4.40 Å². The molecule has 0 amide bonds. The van der Waals surface area contributed by atoms with Gasteiger partial charge in [-0.1, -0.05) is 6.07 Å². The van der Waals surface area contributed by atoms with Gasteiger partial charge in [0.15, 0.2) is 5.65 Å². The standard InChI is InChI=1S/C12H14N4O3/c1-12(19)7-14(8-12)6-10(17)16-11(18)15-5-3-2-4-9(15)13-16/h2-5,19H,6-8H2,1H3. The molecule has 100 valence electrons. The van der Waals surface area contributed by atoms with E-state index in [1.807, 2.05) is 0 Å². The second-order valence-corrected chi connectivity index (χ2v) is 5.16. The molecular weight excluding hydrogens is 248 g/mol. The predicted molar refractivity (Wildman–Crippen MR) is 67.1 cm³/mol. The molecule has 0 saturated carbocycles. The summed E-state index contributed by atoms with van der Waals surface area (Å²) in [7, 11) is 0. The molecule has 0 aromatic carbocycles. The summed E-state index contributed by atoms with van der Waals surface area (Å²) in [5.74, 6) is -0.385. The second kappa shape index (κ2) is 4.01. The van der Waals surface area contributed by atoms with Gasteiger partial charge < -0.3 is 5.11 Å². The highest BCUT2D eigenvalue weighted by molar-refractivity contribution is 5.80. The largest absolute Gasteiger partial charge is 0.388 e. The summed E-state index contributed by atoms with van der Waals surface area (Å²) in [6.07, 6.45) is 1.57. The summed E-state index contributed by atoms with van der Waals surface area (Å²) < 4.78 is 2.20. The normalized spacial score (nSPS) is 18.4. The Morgan fingerprint density at radius 3 is 2.84 bits per heavy atom. The molecule has 2 aromatic heterocycles. The number of aliphatic hydroxyl groups is 1. The molecular formula is C12H14N4O3. The number of carbonyl (C=O) groups is 1. The molecule has 1 aliphatic rings. The van der Waals surface area contributed by atoms with Gasteiger partial charge in [0.2, 0.25) is 0 Å². The van der Waals surface area contributed by atoms with Crippen molar-refractivity contribution in [1.29, 1.82) is 0 Å². The van der Waals surface area contributed by atoms with E-state index in [2.05, 4.69) is 5.10 Å². The third-order valence-electron chi connectivity index (χ3n) is 3.15. The summed E-state index contributed by atoms with van der Waals surface area (Å²) in [6.45, 7) is 2.66. The maximum atomic E-state index is 12.0. The molecule has 0 spiro atoms. The Morgan fingerprint density at radius 1 is 1.47 bits per heavy atom. The number of fused-ring (bicyclic) bond motifs is 1. The number of hydrogen-bond donors (Lipinski definition) is 1. The van der Waals surface area contributed by atoms with Gasteiger partial charge in [-0.3, -0.25) is 9.69 Å². The van der Waals surface area contributed by atoms with Gasteiger partial charge in [0, 0.05) is 19.3 Å². The monoisotopic (exact) mass is 262 g/mol. The Kier molecular flexibility index (Phi) is 2.54. The zero-order chi connectivity index (χ0) is 13.6. The van der Waals surface area contributed by atoms with Gasteiger partial charge in [0.25, 0.3) is 5.91 Å². The molecule has 1 N–H and O–H groups in total. The number of β-amino-alcohol motifs (C(OH)–C–C–N with tert-alkyl or cyclic N) is 1. The molecule has 2 aromatic rings. The summed E-state index contributed by atoms with van der Waals surface area (Å²) >= 11 is 0. The molecule has 1 fully saturated rings. The molecule has 0 unspecified atom stereocenters. The molecule has 1 saturated heterocycles. The molecule has 7 heteroatoms. The predicted octanol–water partition coefficient (Wildman–Crippen LogP) is -0.797. The van der Waals surface area contributed by atoms with Crippen LogP contribution in [-0.2, 0) is 0 Å². The highest BCUT2D eigenvalue weighted by Gasteiger charge is 2.37. The van der Waals surface area contributed by atoms with Crippen molar-refractivity contribution < 1.29 is 9.90 Å². The van der Waals surface area contributed by atoms with E-state index in [0.717, 1.165) is 4.68 Å². The highest BCUT2D eigenvalue weighted by atomic mass is 16.3. The van der Waals surface area contributed by atoms with Crippen molar-refractivity contribution in [2.75, 3.05) is 19.6 Å². The average molecular weight is 262 g/mol. The number of rotatable bonds is 2. The van der Waals surface area contributed by atoms with Crippen molar-refractivity contribution in [3.05, 3.63) is 34.9 Å². The molecule has 1 aliphatic heterocycles. The maximum absolute atomic E-state index is 12.0. The maximum Gasteiger partial charge on any atom is 0.357 e. The van der Waals surface area contributed by atoms with Gasteiger partial charge in [0.1, 0.15) is 0 Å². The summed E-state index contributed by atoms with van der Waals surface area (Å²) in [5.41, 5.74) is -0.756. The van der Waals surface area contributed by atoms with E-state index in [1.54, 1.807) is 36.2 Å². The lowest BCUT2D eigenvalue weighted by Crippen LogP contribution is -2.61. The van der Waals surface area contributed by atoms with Crippen LogP contribution in [0.15, 0.2) is 29.2 Å². The number of carbonyl (C=O) groups excluding carboxylic acids is 1. The quantitative estimate of drug-likeness (QED) is 0.766. The number of aromatic nitrogens is 3. The van der Waals surface area contributed by atoms with Crippen molar-refractivity contribution >= 4 is 11.6 Å². The molecule has 0 atom stereocenters. The van der Waals surface area contributed by atoms with Crippen LogP contribution in [0, 0.1) is 0 Å². The lowest BCUT2D eigenvalue weighted by atomic mass is 9.97. The minimum Gasteiger partial charge on any atom is -0.388 e. The van der Waals surface area contributed by atoms with Crippen molar-refractivity contribution in [2.45, 2.75) is 12.5 Å². The molecule has 19 heavy (non-hydrogen) atoms. The van der Waals surface area contributed by atoms with E-state index in [4.69, 9.17) is 0 Å². The molecule has 0 radical (unpaired) electrons. The van der Waals surface area contributed by atoms with Gasteiger partial charge in [-0.05, 0) is 19.1 Å². The van der Waals surface area contributed by atoms with Crippen LogP contribution in [-0.4, -0.2) is 55.3 Å². The van der Waals surface area contributed by atoms with Crippen LogP contribution in [0.2, 0.25) is 0 Å². The minimum absolute atomic E-state index is 0.0833. The average Bonchev–Trinajstić information content (AvgIpc) is 2.65. The van der Waals surface area contributed by atoms with Crippen LogP contribution in [0.5, 0.6) is 0 Å². The van der Waals surface area contributed by atoms with E-state index in [-0.39, 0.29) is 12.5 Å². The van der Waals surface area contributed by atoms with Gasteiger partial charge in [-0.25, -0.2) is 9.20 Å². The lowest BCUT2D eigenvalue weighted by molar-refractivity contribution is -0.0793. The van der Waals surface area contributed by atoms with Crippen LogP contribution in [0.3, 0.4) is 0 Å². The SMILES string of the molecule is CC1(O)CN(CC(=O)n2nc3ccccn3c2=O)C1. The number of pyridine rings is 1. The molecule has 0 bridgehead atoms. The minimum atomic E-state index is -0.732. The van der Waals surface area contributed by atoms with Crippen molar-refractivity contribution in [2.24, 2.45) is 0 Å². The van der Waals surface area contributed by atoms with Crippen LogP contribution in [0.4, 0.5) is 0 Å². The molecule has 3 heterocycles. The second-order valence-electron chi connectivity index (χ2n) is 5.16. The van der Waals surface area contributed by atoms with Gasteiger partial charge >= 0.3 is 5.69 Å². The fourth-order valence-corrected chi connectivity index (χ4v) is 2.37. The third-order valence-corrected chi connectivity index (χ3v) is 3.15. The van der Waals surface area contributed by atoms with Crippen LogP contribution in [0.25, 0.3) is 5.65 Å². The Balaban J connectivity index is 1.83. The van der Waals surface area contributed by atoms with Gasteiger partial charge in [-0.15, -0.1) is 9.78 Å². The van der Waals surface area contributed by atoms with E-state index >= 15 is 0 Å². The van der Waals surface area contributed by atoms with Crippen LogP contribution < -0.4 is 5.69 Å². The van der Waals surface area contributed by atoms with Gasteiger partial charge in [-0.2, -0.15) is 0 Å². The Hall–Kier alpha value is -1.99. The summed E-state index contributed by atoms with van der Waals surface area (Å²) in [6, 6.07) is 5.13. The van der Waals surface area contributed by atoms with Crippen LogP contribution >= 0.6 is 0 Å². The van der Waals surface area contributed by atoms with E-state index in [0.29, 0.717) is 18.7 Å². The van der Waals surface area contributed by atoms with E-state index in [9.17, 15) is 14.7 Å². The zero-order valence-electron chi connectivity index (χ0n) is 10.5. The summed E-state index contributed by atoms with van der Waals surface area (Å²) in [5, 5.41) is 13.6. The highest BCUT2D eigenvalue weighted by Crippen LogP contribution is 2.18. The Morgan fingerprint density at radius 2 is 2.21 bits per heavy atom. The lowest BCUT2D eigenvalue weighted by Gasteiger charge is -2.43. The first kappa shape index (κ1) is 12.1. The molecule has 7 nitrogen and oxygen atoms in total. The van der Waals surface area contributed by atoms with Crippen LogP contribution in [0.1, 0.15) is 11.7 Å². The van der Waals surface area contributed by atoms with Crippen molar-refractivity contribution in [3.8, 4) is 0 Å². The summed E-state index contributed by atoms with van der Waals surface area (Å²) in [4.78, 5) is 25.7. The number of likely N-dealkylation sites (tertiary alicyclic amines) is 1. The topological polar surface area (TPSA) is 79.8 Å². The Labute approximate surface area is 108 Å². The fraction of sp³-hybridized carbons (Fsp3) is 0.417. The number of nitrogens with zero attached hydrogens (tertiary/aromatic N) is 4.